The fraction of sp³-hybridized carbons (Fsp3) is 0.200. The van der Waals surface area contributed by atoms with E-state index in [0.29, 0.717) is 5.02 Å². The quantitative estimate of drug-likeness (QED) is 0.682. The summed E-state index contributed by atoms with van der Waals surface area (Å²) in [5.41, 5.74) is 1.64. The zero-order valence-corrected chi connectivity index (χ0v) is 8.10. The van der Waals surface area contributed by atoms with E-state index < -0.39 is 0 Å². The van der Waals surface area contributed by atoms with Gasteiger partial charge in [-0.15, -0.1) is 0 Å². The number of rotatable bonds is 2. The highest BCUT2D eigenvalue weighted by Crippen LogP contribution is 2.17. The lowest BCUT2D eigenvalue weighted by Gasteiger charge is -2.05. The molecule has 0 amide bonds. The Hall–Kier alpha value is -1.02. The zero-order chi connectivity index (χ0) is 9.84. The van der Waals surface area contributed by atoms with E-state index in [1.54, 1.807) is 18.2 Å². The fourth-order valence-corrected chi connectivity index (χ4v) is 1.09. The van der Waals surface area contributed by atoms with Gasteiger partial charge in [0.25, 0.3) is 0 Å². The standard InChI is InChI=1S/C10H10ClO2/c1-7-3-4-10(11)9(5-7)6-13-8(2)12/h3-5H,1,6H2,2H3. The molecule has 3 heteroatoms. The number of benzene rings is 1. The summed E-state index contributed by atoms with van der Waals surface area (Å²) in [7, 11) is 0. The molecule has 0 saturated carbocycles. The normalized spacial score (nSPS) is 9.77. The number of esters is 1. The van der Waals surface area contributed by atoms with Crippen LogP contribution in [0.1, 0.15) is 18.1 Å². The van der Waals surface area contributed by atoms with E-state index in [9.17, 15) is 4.79 Å². The van der Waals surface area contributed by atoms with Crippen LogP contribution in [0.4, 0.5) is 0 Å². The number of carbonyl (C=O) groups excluding carboxylic acids is 1. The molecule has 13 heavy (non-hydrogen) atoms. The highest BCUT2D eigenvalue weighted by Gasteiger charge is 2.01. The minimum absolute atomic E-state index is 0.206. The molecule has 2 nitrogen and oxygen atoms in total. The number of carbonyl (C=O) groups is 1. The van der Waals surface area contributed by atoms with Crippen molar-refractivity contribution in [1.29, 1.82) is 0 Å². The first-order valence-corrected chi connectivity index (χ1v) is 4.21. The van der Waals surface area contributed by atoms with Crippen LogP contribution in [0.3, 0.4) is 0 Å². The van der Waals surface area contributed by atoms with Crippen LogP contribution in [0, 0.1) is 6.92 Å². The minimum Gasteiger partial charge on any atom is -0.461 e. The summed E-state index contributed by atoms with van der Waals surface area (Å²) < 4.78 is 4.81. The van der Waals surface area contributed by atoms with E-state index >= 15 is 0 Å². The van der Waals surface area contributed by atoms with Crippen LogP contribution in [-0.2, 0) is 16.1 Å². The molecule has 0 spiro atoms. The fourth-order valence-electron chi connectivity index (χ4n) is 0.918. The van der Waals surface area contributed by atoms with Gasteiger partial charge in [0.1, 0.15) is 6.61 Å². The molecule has 0 saturated heterocycles. The second-order valence-corrected chi connectivity index (χ2v) is 3.11. The Kier molecular flexibility index (Phi) is 3.32. The molecule has 1 aromatic rings. The first kappa shape index (κ1) is 10.1. The summed E-state index contributed by atoms with van der Waals surface area (Å²) in [5, 5.41) is 0.591. The highest BCUT2D eigenvalue weighted by molar-refractivity contribution is 6.31. The molecule has 0 atom stereocenters. The van der Waals surface area contributed by atoms with E-state index in [1.807, 2.05) is 0 Å². The molecule has 1 aromatic carbocycles. The third kappa shape index (κ3) is 3.07. The van der Waals surface area contributed by atoms with Crippen molar-refractivity contribution in [3.05, 3.63) is 41.3 Å². The molecule has 0 aliphatic heterocycles. The summed E-state index contributed by atoms with van der Waals surface area (Å²) >= 11 is 5.86. The second-order valence-electron chi connectivity index (χ2n) is 2.71. The van der Waals surface area contributed by atoms with Crippen molar-refractivity contribution < 1.29 is 9.53 Å². The van der Waals surface area contributed by atoms with Gasteiger partial charge in [0.05, 0.1) is 0 Å². The van der Waals surface area contributed by atoms with Crippen molar-refractivity contribution in [3.8, 4) is 0 Å². The Morgan fingerprint density at radius 1 is 1.62 bits per heavy atom. The predicted molar refractivity (Wildman–Crippen MR) is 51.4 cm³/mol. The largest absolute Gasteiger partial charge is 0.461 e. The Morgan fingerprint density at radius 2 is 2.31 bits per heavy atom. The monoisotopic (exact) mass is 197 g/mol. The van der Waals surface area contributed by atoms with Gasteiger partial charge in [0, 0.05) is 17.5 Å². The number of halogens is 1. The van der Waals surface area contributed by atoms with Crippen molar-refractivity contribution >= 4 is 17.6 Å². The van der Waals surface area contributed by atoms with Crippen molar-refractivity contribution in [3.63, 3.8) is 0 Å². The van der Waals surface area contributed by atoms with Gasteiger partial charge < -0.3 is 4.74 Å². The maximum Gasteiger partial charge on any atom is 0.302 e. The van der Waals surface area contributed by atoms with Crippen LogP contribution in [-0.4, -0.2) is 5.97 Å². The van der Waals surface area contributed by atoms with E-state index in [-0.39, 0.29) is 12.6 Å². The van der Waals surface area contributed by atoms with Crippen LogP contribution in [0.5, 0.6) is 0 Å². The third-order valence-corrected chi connectivity index (χ3v) is 1.91. The summed E-state index contributed by atoms with van der Waals surface area (Å²) in [6.07, 6.45) is 0. The molecule has 0 aromatic heterocycles. The van der Waals surface area contributed by atoms with Gasteiger partial charge in [-0.2, -0.15) is 0 Å². The Morgan fingerprint density at radius 3 is 2.92 bits per heavy atom. The average molecular weight is 198 g/mol. The van der Waals surface area contributed by atoms with Crippen LogP contribution in [0.25, 0.3) is 0 Å². The third-order valence-electron chi connectivity index (χ3n) is 1.54. The van der Waals surface area contributed by atoms with E-state index in [1.165, 1.54) is 6.92 Å². The SMILES string of the molecule is [CH2]c1ccc(Cl)c(COC(C)=O)c1. The highest BCUT2D eigenvalue weighted by atomic mass is 35.5. The van der Waals surface area contributed by atoms with Crippen molar-refractivity contribution in [1.82, 2.24) is 0 Å². The smallest absolute Gasteiger partial charge is 0.302 e. The molecule has 0 fully saturated rings. The lowest BCUT2D eigenvalue weighted by atomic mass is 10.1. The van der Waals surface area contributed by atoms with Crippen LogP contribution >= 0.6 is 11.6 Å². The van der Waals surface area contributed by atoms with Crippen LogP contribution in [0.15, 0.2) is 18.2 Å². The van der Waals surface area contributed by atoms with Gasteiger partial charge in [-0.1, -0.05) is 23.7 Å². The van der Waals surface area contributed by atoms with E-state index in [2.05, 4.69) is 6.92 Å². The molecule has 0 unspecified atom stereocenters. The molecule has 0 bridgehead atoms. The van der Waals surface area contributed by atoms with Crippen molar-refractivity contribution in [2.24, 2.45) is 0 Å². The van der Waals surface area contributed by atoms with Gasteiger partial charge in [-0.05, 0) is 18.6 Å². The summed E-state index contributed by atoms with van der Waals surface area (Å²) in [6.45, 7) is 5.32. The molecule has 0 aliphatic rings. The molecule has 0 aliphatic carbocycles. The lowest BCUT2D eigenvalue weighted by Crippen LogP contribution is -1.99. The van der Waals surface area contributed by atoms with Gasteiger partial charge in [0.2, 0.25) is 0 Å². The van der Waals surface area contributed by atoms with Crippen LogP contribution < -0.4 is 0 Å². The number of hydrogen-bond acceptors (Lipinski definition) is 2. The van der Waals surface area contributed by atoms with Gasteiger partial charge in [0.15, 0.2) is 0 Å². The predicted octanol–water partition coefficient (Wildman–Crippen LogP) is 2.59. The first-order chi connectivity index (χ1) is 6.09. The molecule has 69 valence electrons. The van der Waals surface area contributed by atoms with Gasteiger partial charge in [-0.25, -0.2) is 0 Å². The van der Waals surface area contributed by atoms with Gasteiger partial charge in [-0.3, -0.25) is 4.79 Å². The summed E-state index contributed by atoms with van der Waals surface area (Å²) in [6, 6.07) is 5.34. The molecule has 0 N–H and O–H groups in total. The lowest BCUT2D eigenvalue weighted by molar-refractivity contribution is -0.142. The first-order valence-electron chi connectivity index (χ1n) is 3.83. The molecule has 0 heterocycles. The molecular weight excluding hydrogens is 188 g/mol. The maximum atomic E-state index is 10.5. The maximum absolute atomic E-state index is 10.5. The number of ether oxygens (including phenoxy) is 1. The number of hydrogen-bond donors (Lipinski definition) is 0. The summed E-state index contributed by atoms with van der Waals surface area (Å²) in [5.74, 6) is -0.314. The second kappa shape index (κ2) is 4.28. The zero-order valence-electron chi connectivity index (χ0n) is 7.34. The molecule has 1 rings (SSSR count). The van der Waals surface area contributed by atoms with Crippen LogP contribution in [0.2, 0.25) is 5.02 Å². The Labute approximate surface area is 82.5 Å². The minimum atomic E-state index is -0.314. The Bertz CT molecular complexity index is 321. The van der Waals surface area contributed by atoms with Crippen molar-refractivity contribution in [2.75, 3.05) is 0 Å². The topological polar surface area (TPSA) is 26.3 Å². The molecular formula is C10H10ClO2. The van der Waals surface area contributed by atoms with E-state index in [0.717, 1.165) is 11.1 Å². The Balaban J connectivity index is 2.75. The van der Waals surface area contributed by atoms with E-state index in [4.69, 9.17) is 16.3 Å². The average Bonchev–Trinajstić information content (AvgIpc) is 2.06. The van der Waals surface area contributed by atoms with Crippen molar-refractivity contribution in [2.45, 2.75) is 13.5 Å². The summed E-state index contributed by atoms with van der Waals surface area (Å²) in [4.78, 5) is 10.5. The van der Waals surface area contributed by atoms with Gasteiger partial charge >= 0.3 is 5.97 Å². The molecule has 1 radical (unpaired) electrons.